The van der Waals surface area contributed by atoms with Gasteiger partial charge in [0.1, 0.15) is 23.1 Å². The van der Waals surface area contributed by atoms with Gasteiger partial charge in [-0.05, 0) is 49.8 Å². The molecule has 1 heterocycles. The number of hydrogen-bond acceptors (Lipinski definition) is 6. The molecule has 0 aliphatic heterocycles. The predicted molar refractivity (Wildman–Crippen MR) is 123 cm³/mol. The van der Waals surface area contributed by atoms with Crippen LogP contribution < -0.4 is 15.4 Å². The molecule has 8 heteroatoms. The first-order chi connectivity index (χ1) is 15.9. The number of nitrogens with one attached hydrogen (secondary N) is 2. The Morgan fingerprint density at radius 3 is 2.45 bits per heavy atom. The SMILES string of the molecule is COc1ccc(/C=C/C(=O)N[C@@H](C)C(=O)OCC(=O)NC(C)c2cc3ccccc3o2)cc1. The molecule has 0 aliphatic rings. The molecule has 0 radical (unpaired) electrons. The number of carbonyl (C=O) groups excluding carboxylic acids is 3. The minimum absolute atomic E-state index is 0.399. The second kappa shape index (κ2) is 11.0. The minimum atomic E-state index is -0.918. The number of benzene rings is 2. The molecule has 172 valence electrons. The number of amides is 2. The molecule has 3 rings (SSSR count). The van der Waals surface area contributed by atoms with Crippen LogP contribution in [-0.2, 0) is 19.1 Å². The van der Waals surface area contributed by atoms with Gasteiger partial charge in [-0.15, -0.1) is 0 Å². The molecule has 1 aromatic heterocycles. The Hall–Kier alpha value is -4.07. The Balaban J connectivity index is 1.42. The minimum Gasteiger partial charge on any atom is -0.497 e. The monoisotopic (exact) mass is 450 g/mol. The van der Waals surface area contributed by atoms with Crippen molar-refractivity contribution in [3.05, 3.63) is 72.0 Å². The highest BCUT2D eigenvalue weighted by Crippen LogP contribution is 2.23. The fourth-order valence-electron chi connectivity index (χ4n) is 3.04. The van der Waals surface area contributed by atoms with Crippen LogP contribution in [0.3, 0.4) is 0 Å². The molecular formula is C25H26N2O6. The molecular weight excluding hydrogens is 424 g/mol. The molecule has 2 N–H and O–H groups in total. The average molecular weight is 450 g/mol. The molecule has 33 heavy (non-hydrogen) atoms. The Morgan fingerprint density at radius 2 is 1.76 bits per heavy atom. The maximum atomic E-state index is 12.2. The molecule has 0 saturated carbocycles. The number of esters is 1. The van der Waals surface area contributed by atoms with Crippen molar-refractivity contribution >= 4 is 34.8 Å². The van der Waals surface area contributed by atoms with Crippen molar-refractivity contribution in [2.24, 2.45) is 0 Å². The first-order valence-corrected chi connectivity index (χ1v) is 10.4. The van der Waals surface area contributed by atoms with Crippen LogP contribution in [0.1, 0.15) is 31.2 Å². The number of hydrogen-bond donors (Lipinski definition) is 2. The van der Waals surface area contributed by atoms with E-state index in [1.165, 1.54) is 13.0 Å². The van der Waals surface area contributed by atoms with Crippen molar-refractivity contribution in [3.63, 3.8) is 0 Å². The van der Waals surface area contributed by atoms with Gasteiger partial charge in [-0.1, -0.05) is 30.3 Å². The summed E-state index contributed by atoms with van der Waals surface area (Å²) in [6.45, 7) is 2.79. The first-order valence-electron chi connectivity index (χ1n) is 10.4. The fraction of sp³-hybridized carbons (Fsp3) is 0.240. The van der Waals surface area contributed by atoms with Crippen LogP contribution in [0, 0.1) is 0 Å². The lowest BCUT2D eigenvalue weighted by Gasteiger charge is -2.14. The van der Waals surface area contributed by atoms with E-state index >= 15 is 0 Å². The average Bonchev–Trinajstić information content (AvgIpc) is 3.26. The zero-order valence-corrected chi connectivity index (χ0v) is 18.7. The first kappa shape index (κ1) is 23.6. The number of rotatable bonds is 9. The molecule has 8 nitrogen and oxygen atoms in total. The van der Waals surface area contributed by atoms with E-state index in [-0.39, 0.29) is 0 Å². The summed E-state index contributed by atoms with van der Waals surface area (Å²) < 4.78 is 15.8. The van der Waals surface area contributed by atoms with E-state index in [9.17, 15) is 14.4 Å². The molecule has 0 spiro atoms. The van der Waals surface area contributed by atoms with Gasteiger partial charge in [0.05, 0.1) is 13.2 Å². The van der Waals surface area contributed by atoms with Crippen LogP contribution in [0.2, 0.25) is 0 Å². The van der Waals surface area contributed by atoms with Crippen LogP contribution in [0.15, 0.2) is 65.1 Å². The van der Waals surface area contributed by atoms with Gasteiger partial charge in [-0.3, -0.25) is 9.59 Å². The molecule has 0 saturated heterocycles. The molecule has 1 unspecified atom stereocenters. The van der Waals surface area contributed by atoms with Crippen molar-refractivity contribution in [1.82, 2.24) is 10.6 Å². The van der Waals surface area contributed by atoms with Crippen LogP contribution in [0.4, 0.5) is 0 Å². The zero-order chi connectivity index (χ0) is 23.8. The second-order valence-corrected chi connectivity index (χ2v) is 7.42. The maximum absolute atomic E-state index is 12.2. The highest BCUT2D eigenvalue weighted by atomic mass is 16.5. The third kappa shape index (κ3) is 6.70. The third-order valence-corrected chi connectivity index (χ3v) is 4.85. The molecule has 0 aliphatic carbocycles. The van der Waals surface area contributed by atoms with Gasteiger partial charge in [0, 0.05) is 11.5 Å². The lowest BCUT2D eigenvalue weighted by Crippen LogP contribution is -2.40. The van der Waals surface area contributed by atoms with E-state index in [2.05, 4.69) is 10.6 Å². The number of carbonyl (C=O) groups is 3. The van der Waals surface area contributed by atoms with E-state index in [1.54, 1.807) is 44.4 Å². The standard InChI is InChI=1S/C25H26N2O6/c1-16(22-14-19-6-4-5-7-21(19)33-22)26-24(29)15-32-25(30)17(2)27-23(28)13-10-18-8-11-20(31-3)12-9-18/h4-14,16-17H,15H2,1-3H3,(H,26,29)(H,27,28)/b13-10+/t16?,17-/m0/s1. The molecule has 2 atom stereocenters. The highest BCUT2D eigenvalue weighted by Gasteiger charge is 2.19. The summed E-state index contributed by atoms with van der Waals surface area (Å²) in [7, 11) is 1.57. The summed E-state index contributed by atoms with van der Waals surface area (Å²) in [6, 6.07) is 15.2. The maximum Gasteiger partial charge on any atom is 0.328 e. The van der Waals surface area contributed by atoms with Crippen molar-refractivity contribution < 1.29 is 28.3 Å². The van der Waals surface area contributed by atoms with E-state index < -0.39 is 36.5 Å². The molecule has 0 bridgehead atoms. The fourth-order valence-corrected chi connectivity index (χ4v) is 3.04. The summed E-state index contributed by atoms with van der Waals surface area (Å²) in [4.78, 5) is 36.3. The van der Waals surface area contributed by atoms with Crippen molar-refractivity contribution in [2.75, 3.05) is 13.7 Å². The predicted octanol–water partition coefficient (Wildman–Crippen LogP) is 3.38. The number of para-hydroxylation sites is 1. The van der Waals surface area contributed by atoms with E-state index in [0.29, 0.717) is 11.5 Å². The topological polar surface area (TPSA) is 107 Å². The van der Waals surface area contributed by atoms with Crippen LogP contribution in [-0.4, -0.2) is 37.5 Å². The van der Waals surface area contributed by atoms with E-state index in [4.69, 9.17) is 13.9 Å². The Labute approximate surface area is 191 Å². The Kier molecular flexibility index (Phi) is 7.86. The number of furan rings is 1. The van der Waals surface area contributed by atoms with Gasteiger partial charge < -0.3 is 24.5 Å². The summed E-state index contributed by atoms with van der Waals surface area (Å²) in [6.07, 6.45) is 2.92. The number of methoxy groups -OCH3 is 1. The van der Waals surface area contributed by atoms with Gasteiger partial charge in [0.15, 0.2) is 6.61 Å². The van der Waals surface area contributed by atoms with Gasteiger partial charge in [0.2, 0.25) is 5.91 Å². The largest absolute Gasteiger partial charge is 0.497 e. The molecule has 3 aromatic rings. The summed E-state index contributed by atoms with van der Waals surface area (Å²) in [5.41, 5.74) is 1.53. The lowest BCUT2D eigenvalue weighted by molar-refractivity contribution is -0.151. The molecule has 2 aromatic carbocycles. The molecule has 2 amide bonds. The van der Waals surface area contributed by atoms with Gasteiger partial charge in [-0.25, -0.2) is 4.79 Å². The van der Waals surface area contributed by atoms with E-state index in [1.807, 2.05) is 30.3 Å². The Bertz CT molecular complexity index is 1120. The normalized spacial score (nSPS) is 12.8. The van der Waals surface area contributed by atoms with Crippen molar-refractivity contribution in [3.8, 4) is 5.75 Å². The Morgan fingerprint density at radius 1 is 1.03 bits per heavy atom. The van der Waals surface area contributed by atoms with E-state index in [0.717, 1.165) is 16.5 Å². The zero-order valence-electron chi connectivity index (χ0n) is 18.7. The second-order valence-electron chi connectivity index (χ2n) is 7.42. The summed E-state index contributed by atoms with van der Waals surface area (Å²) >= 11 is 0. The van der Waals surface area contributed by atoms with Gasteiger partial charge in [-0.2, -0.15) is 0 Å². The number of ether oxygens (including phenoxy) is 2. The van der Waals surface area contributed by atoms with Crippen molar-refractivity contribution in [2.45, 2.75) is 25.9 Å². The molecule has 0 fully saturated rings. The van der Waals surface area contributed by atoms with Crippen LogP contribution >= 0.6 is 0 Å². The lowest BCUT2D eigenvalue weighted by atomic mass is 10.2. The number of fused-ring (bicyclic) bond motifs is 1. The van der Waals surface area contributed by atoms with Crippen LogP contribution in [0.25, 0.3) is 17.0 Å². The third-order valence-electron chi connectivity index (χ3n) is 4.85. The van der Waals surface area contributed by atoms with Crippen LogP contribution in [0.5, 0.6) is 5.75 Å². The van der Waals surface area contributed by atoms with Gasteiger partial charge >= 0.3 is 5.97 Å². The van der Waals surface area contributed by atoms with Gasteiger partial charge in [0.25, 0.3) is 5.91 Å². The summed E-state index contributed by atoms with van der Waals surface area (Å²) in [5, 5.41) is 6.16. The summed E-state index contributed by atoms with van der Waals surface area (Å²) in [5.74, 6) is -0.343. The highest BCUT2D eigenvalue weighted by molar-refractivity contribution is 5.94. The van der Waals surface area contributed by atoms with Crippen molar-refractivity contribution in [1.29, 1.82) is 0 Å². The smallest absolute Gasteiger partial charge is 0.328 e. The quantitative estimate of drug-likeness (QED) is 0.382.